The van der Waals surface area contributed by atoms with E-state index in [1.165, 1.54) is 18.7 Å². The van der Waals surface area contributed by atoms with Crippen LogP contribution in [0.15, 0.2) is 77.7 Å². The highest BCUT2D eigenvalue weighted by atomic mass is 35.5. The fourth-order valence-electron chi connectivity index (χ4n) is 3.23. The van der Waals surface area contributed by atoms with Gasteiger partial charge in [-0.3, -0.25) is 4.79 Å². The number of anilines is 3. The Labute approximate surface area is 219 Å². The standard InChI is InChI=1S/C26H26ClN7O3/c1-34(2)12-6-9-22(35)29-14-18-15-36-26(33-18)23-24(28)30-16-31-25(23)32-17-10-11-21(20(27)13-17)37-19-7-4-3-5-8-19/h3-11,13,15-16H,12,14H2,1-2H3,(H,29,35)(H3,28,30,31,32)/b9-6+. The first-order valence-electron chi connectivity index (χ1n) is 11.3. The van der Waals surface area contributed by atoms with Crippen LogP contribution in [0.2, 0.25) is 5.02 Å². The van der Waals surface area contributed by atoms with Crippen molar-refractivity contribution in [3.05, 3.63) is 84.0 Å². The number of hydrogen-bond donors (Lipinski definition) is 3. The first-order chi connectivity index (χ1) is 17.9. The molecule has 0 bridgehead atoms. The number of likely N-dealkylation sites (N-methyl/N-ethyl adjacent to an activating group) is 1. The summed E-state index contributed by atoms with van der Waals surface area (Å²) in [5.74, 6) is 1.73. The molecule has 1 amide bonds. The predicted molar refractivity (Wildman–Crippen MR) is 143 cm³/mol. The number of halogens is 1. The normalized spacial score (nSPS) is 11.1. The van der Waals surface area contributed by atoms with E-state index in [2.05, 4.69) is 25.6 Å². The highest BCUT2D eigenvalue weighted by Gasteiger charge is 2.18. The maximum absolute atomic E-state index is 12.0. The van der Waals surface area contributed by atoms with Crippen LogP contribution in [-0.2, 0) is 11.3 Å². The largest absolute Gasteiger partial charge is 0.456 e. The van der Waals surface area contributed by atoms with Crippen LogP contribution in [0.3, 0.4) is 0 Å². The fourth-order valence-corrected chi connectivity index (χ4v) is 3.45. The second-order valence-corrected chi connectivity index (χ2v) is 8.60. The average Bonchev–Trinajstić information content (AvgIpc) is 3.33. The summed E-state index contributed by atoms with van der Waals surface area (Å²) >= 11 is 6.45. The molecule has 190 valence electrons. The molecule has 4 rings (SSSR count). The summed E-state index contributed by atoms with van der Waals surface area (Å²) in [7, 11) is 3.84. The molecule has 4 N–H and O–H groups in total. The van der Waals surface area contributed by atoms with Gasteiger partial charge in [0.1, 0.15) is 41.3 Å². The van der Waals surface area contributed by atoms with E-state index in [4.69, 9.17) is 26.5 Å². The van der Waals surface area contributed by atoms with Crippen LogP contribution in [0.25, 0.3) is 11.5 Å². The van der Waals surface area contributed by atoms with Gasteiger partial charge in [0, 0.05) is 18.3 Å². The Morgan fingerprint density at radius 2 is 2.00 bits per heavy atom. The Kier molecular flexibility index (Phi) is 8.34. The first-order valence-corrected chi connectivity index (χ1v) is 11.7. The maximum Gasteiger partial charge on any atom is 0.244 e. The lowest BCUT2D eigenvalue weighted by molar-refractivity contribution is -0.116. The topological polar surface area (TPSA) is 131 Å². The summed E-state index contributed by atoms with van der Waals surface area (Å²) in [5.41, 5.74) is 7.68. The molecule has 0 unspecified atom stereocenters. The van der Waals surface area contributed by atoms with Gasteiger partial charge < -0.3 is 30.4 Å². The van der Waals surface area contributed by atoms with Crippen molar-refractivity contribution in [3.8, 4) is 23.0 Å². The number of aromatic nitrogens is 3. The Hall–Kier alpha value is -4.41. The number of ether oxygens (including phenoxy) is 1. The number of oxazole rings is 1. The molecule has 0 saturated heterocycles. The summed E-state index contributed by atoms with van der Waals surface area (Å²) in [6.07, 6.45) is 6.03. The van der Waals surface area contributed by atoms with E-state index in [-0.39, 0.29) is 24.2 Å². The molecule has 0 spiro atoms. The van der Waals surface area contributed by atoms with Crippen LogP contribution >= 0.6 is 11.6 Å². The zero-order valence-electron chi connectivity index (χ0n) is 20.3. The van der Waals surface area contributed by atoms with Gasteiger partial charge in [0.2, 0.25) is 11.8 Å². The van der Waals surface area contributed by atoms with Crippen molar-refractivity contribution in [1.82, 2.24) is 25.2 Å². The Morgan fingerprint density at radius 1 is 1.19 bits per heavy atom. The van der Waals surface area contributed by atoms with E-state index >= 15 is 0 Å². The smallest absolute Gasteiger partial charge is 0.244 e. The third-order valence-corrected chi connectivity index (χ3v) is 5.29. The number of hydrogen-bond acceptors (Lipinski definition) is 9. The molecule has 0 saturated carbocycles. The number of carbonyl (C=O) groups excluding carboxylic acids is 1. The minimum atomic E-state index is -0.229. The number of benzene rings is 2. The van der Waals surface area contributed by atoms with Crippen LogP contribution in [0.1, 0.15) is 5.69 Å². The molecule has 11 heteroatoms. The Balaban J connectivity index is 1.47. The van der Waals surface area contributed by atoms with Gasteiger partial charge in [0.05, 0.1) is 17.3 Å². The van der Waals surface area contributed by atoms with E-state index in [0.717, 1.165) is 0 Å². The SMILES string of the molecule is CN(C)C/C=C/C(=O)NCc1coc(-c2c(N)ncnc2Nc2ccc(Oc3ccccc3)c(Cl)c2)n1. The predicted octanol–water partition coefficient (Wildman–Crippen LogP) is 4.64. The molecular formula is C26H26ClN7O3. The van der Waals surface area contributed by atoms with Crippen molar-refractivity contribution in [2.75, 3.05) is 31.7 Å². The van der Waals surface area contributed by atoms with Crippen LogP contribution < -0.4 is 21.1 Å². The van der Waals surface area contributed by atoms with Crippen molar-refractivity contribution < 1.29 is 13.9 Å². The summed E-state index contributed by atoms with van der Waals surface area (Å²) in [6, 6.07) is 14.6. The molecule has 0 aliphatic carbocycles. The highest BCUT2D eigenvalue weighted by molar-refractivity contribution is 6.32. The molecule has 2 aromatic heterocycles. The molecular weight excluding hydrogens is 494 g/mol. The lowest BCUT2D eigenvalue weighted by atomic mass is 10.2. The monoisotopic (exact) mass is 519 g/mol. The summed E-state index contributed by atoms with van der Waals surface area (Å²) in [4.78, 5) is 26.8. The minimum Gasteiger partial charge on any atom is -0.456 e. The van der Waals surface area contributed by atoms with E-state index in [1.54, 1.807) is 24.3 Å². The molecule has 0 atom stereocenters. The lowest BCUT2D eigenvalue weighted by Gasteiger charge is -2.12. The number of para-hydroxylation sites is 1. The number of nitrogen functional groups attached to an aromatic ring is 1. The van der Waals surface area contributed by atoms with Crippen LogP contribution in [-0.4, -0.2) is 46.4 Å². The molecule has 2 aromatic carbocycles. The highest BCUT2D eigenvalue weighted by Crippen LogP contribution is 2.35. The van der Waals surface area contributed by atoms with Crippen molar-refractivity contribution >= 4 is 34.8 Å². The molecule has 0 aliphatic heterocycles. The summed E-state index contributed by atoms with van der Waals surface area (Å²) < 4.78 is 11.5. The van der Waals surface area contributed by atoms with Crippen LogP contribution in [0.4, 0.5) is 17.3 Å². The first kappa shape index (κ1) is 25.7. The summed E-state index contributed by atoms with van der Waals surface area (Å²) in [6.45, 7) is 0.849. The van der Waals surface area contributed by atoms with Gasteiger partial charge in [-0.25, -0.2) is 15.0 Å². The minimum absolute atomic E-state index is 0.177. The van der Waals surface area contributed by atoms with Crippen LogP contribution in [0, 0.1) is 0 Å². The third kappa shape index (κ3) is 7.06. The molecule has 4 aromatic rings. The number of amides is 1. The van der Waals surface area contributed by atoms with E-state index in [1.807, 2.05) is 49.3 Å². The van der Waals surface area contributed by atoms with Gasteiger partial charge in [0.25, 0.3) is 0 Å². The molecule has 0 radical (unpaired) electrons. The zero-order valence-corrected chi connectivity index (χ0v) is 21.1. The Bertz CT molecular complexity index is 1390. The number of nitrogens with zero attached hydrogens (tertiary/aromatic N) is 4. The number of nitrogens with two attached hydrogens (primary N) is 1. The maximum atomic E-state index is 12.0. The van der Waals surface area contributed by atoms with E-state index < -0.39 is 0 Å². The van der Waals surface area contributed by atoms with Gasteiger partial charge in [-0.2, -0.15) is 0 Å². The molecule has 37 heavy (non-hydrogen) atoms. The Morgan fingerprint density at radius 3 is 2.76 bits per heavy atom. The van der Waals surface area contributed by atoms with E-state index in [9.17, 15) is 4.79 Å². The fraction of sp³-hybridized carbons (Fsp3) is 0.154. The third-order valence-electron chi connectivity index (χ3n) is 4.99. The average molecular weight is 520 g/mol. The number of rotatable bonds is 10. The number of nitrogens with one attached hydrogen (secondary N) is 2. The molecule has 0 aliphatic rings. The summed E-state index contributed by atoms with van der Waals surface area (Å²) in [5, 5.41) is 6.35. The van der Waals surface area contributed by atoms with Gasteiger partial charge in [-0.15, -0.1) is 0 Å². The van der Waals surface area contributed by atoms with Gasteiger partial charge >= 0.3 is 0 Å². The van der Waals surface area contributed by atoms with Crippen LogP contribution in [0.5, 0.6) is 11.5 Å². The van der Waals surface area contributed by atoms with Crippen molar-refractivity contribution in [2.24, 2.45) is 0 Å². The number of carbonyl (C=O) groups is 1. The quantitative estimate of drug-likeness (QED) is 0.256. The van der Waals surface area contributed by atoms with Crippen molar-refractivity contribution in [1.29, 1.82) is 0 Å². The zero-order chi connectivity index (χ0) is 26.2. The van der Waals surface area contributed by atoms with Crippen molar-refractivity contribution in [2.45, 2.75) is 6.54 Å². The molecule has 2 heterocycles. The van der Waals surface area contributed by atoms with Gasteiger partial charge in [0.15, 0.2) is 0 Å². The van der Waals surface area contributed by atoms with E-state index in [0.29, 0.717) is 45.8 Å². The second-order valence-electron chi connectivity index (χ2n) is 8.19. The lowest BCUT2D eigenvalue weighted by Crippen LogP contribution is -2.21. The molecule has 0 fully saturated rings. The van der Waals surface area contributed by atoms with Gasteiger partial charge in [-0.1, -0.05) is 35.9 Å². The second kappa shape index (κ2) is 12.0. The van der Waals surface area contributed by atoms with Gasteiger partial charge in [-0.05, 0) is 44.4 Å². The molecule has 10 nitrogen and oxygen atoms in total. The van der Waals surface area contributed by atoms with Crippen molar-refractivity contribution in [3.63, 3.8) is 0 Å².